The number of esters is 2. The standard InChI is InChI=1S/C9H14N2O5/c1-6(11-9(10)14)5-16-8(13)4-3-7(12)15-2/h3-4,6H,5H2,1-2H3,(H3,10,11,14)/b4-3+/t6-/m1/s1. The molecule has 0 saturated heterocycles. The molecule has 90 valence electrons. The predicted molar refractivity (Wildman–Crippen MR) is 54.3 cm³/mol. The summed E-state index contributed by atoms with van der Waals surface area (Å²) in [5.41, 5.74) is 4.85. The third-order valence-corrected chi connectivity index (χ3v) is 1.42. The van der Waals surface area contributed by atoms with Crippen LogP contribution >= 0.6 is 0 Å². The van der Waals surface area contributed by atoms with E-state index in [1.165, 1.54) is 7.11 Å². The maximum atomic E-state index is 11.0. The first-order chi connectivity index (χ1) is 7.45. The van der Waals surface area contributed by atoms with E-state index in [0.29, 0.717) is 0 Å². The van der Waals surface area contributed by atoms with Crippen molar-refractivity contribution in [3.8, 4) is 0 Å². The molecular formula is C9H14N2O5. The second kappa shape index (κ2) is 7.27. The third-order valence-electron chi connectivity index (χ3n) is 1.42. The van der Waals surface area contributed by atoms with Crippen molar-refractivity contribution < 1.29 is 23.9 Å². The normalized spacial score (nSPS) is 11.9. The molecule has 0 radical (unpaired) electrons. The Kier molecular flexibility index (Phi) is 6.34. The topological polar surface area (TPSA) is 108 Å². The Morgan fingerprint density at radius 2 is 1.88 bits per heavy atom. The summed E-state index contributed by atoms with van der Waals surface area (Å²) >= 11 is 0. The number of ether oxygens (including phenoxy) is 2. The summed E-state index contributed by atoms with van der Waals surface area (Å²) in [4.78, 5) is 32.0. The van der Waals surface area contributed by atoms with Gasteiger partial charge in [0.05, 0.1) is 13.2 Å². The minimum Gasteiger partial charge on any atom is -0.466 e. The van der Waals surface area contributed by atoms with Gasteiger partial charge in [-0.05, 0) is 6.92 Å². The number of hydrogen-bond donors (Lipinski definition) is 2. The van der Waals surface area contributed by atoms with Crippen LogP contribution < -0.4 is 11.1 Å². The van der Waals surface area contributed by atoms with Crippen LogP contribution in [0.3, 0.4) is 0 Å². The van der Waals surface area contributed by atoms with E-state index in [1.54, 1.807) is 6.92 Å². The largest absolute Gasteiger partial charge is 0.466 e. The molecule has 1 atom stereocenters. The van der Waals surface area contributed by atoms with Crippen LogP contribution in [0, 0.1) is 0 Å². The summed E-state index contributed by atoms with van der Waals surface area (Å²) in [6.45, 7) is 1.58. The van der Waals surface area contributed by atoms with E-state index >= 15 is 0 Å². The molecule has 0 saturated carbocycles. The molecule has 0 aromatic rings. The summed E-state index contributed by atoms with van der Waals surface area (Å²) in [5, 5.41) is 2.32. The van der Waals surface area contributed by atoms with E-state index in [1.807, 2.05) is 0 Å². The smallest absolute Gasteiger partial charge is 0.331 e. The lowest BCUT2D eigenvalue weighted by Gasteiger charge is -2.10. The summed E-state index contributed by atoms with van der Waals surface area (Å²) in [6, 6.07) is -1.10. The number of carbonyl (C=O) groups is 3. The first-order valence-electron chi connectivity index (χ1n) is 4.44. The lowest BCUT2D eigenvalue weighted by molar-refractivity contribution is -0.139. The highest BCUT2D eigenvalue weighted by atomic mass is 16.5. The second-order valence-electron chi connectivity index (χ2n) is 2.90. The van der Waals surface area contributed by atoms with Crippen LogP contribution in [-0.4, -0.2) is 37.7 Å². The van der Waals surface area contributed by atoms with Gasteiger partial charge >= 0.3 is 18.0 Å². The first-order valence-corrected chi connectivity index (χ1v) is 4.44. The number of hydrogen-bond acceptors (Lipinski definition) is 5. The summed E-state index contributed by atoms with van der Waals surface area (Å²) < 4.78 is 8.97. The second-order valence-corrected chi connectivity index (χ2v) is 2.90. The van der Waals surface area contributed by atoms with Crippen LogP contribution in [0.25, 0.3) is 0 Å². The van der Waals surface area contributed by atoms with Gasteiger partial charge in [-0.1, -0.05) is 0 Å². The van der Waals surface area contributed by atoms with Gasteiger partial charge in [0.15, 0.2) is 0 Å². The molecule has 7 heteroatoms. The fourth-order valence-corrected chi connectivity index (χ4v) is 0.744. The molecule has 16 heavy (non-hydrogen) atoms. The highest BCUT2D eigenvalue weighted by Crippen LogP contribution is 1.88. The summed E-state index contributed by atoms with van der Waals surface area (Å²) in [7, 11) is 1.19. The zero-order chi connectivity index (χ0) is 12.6. The van der Waals surface area contributed by atoms with E-state index in [2.05, 4.69) is 10.1 Å². The van der Waals surface area contributed by atoms with Gasteiger partial charge in [-0.2, -0.15) is 0 Å². The predicted octanol–water partition coefficient (Wildman–Crippen LogP) is -0.684. The zero-order valence-corrected chi connectivity index (χ0v) is 9.06. The van der Waals surface area contributed by atoms with Gasteiger partial charge in [0.25, 0.3) is 0 Å². The average molecular weight is 230 g/mol. The molecule has 3 N–H and O–H groups in total. The summed E-state index contributed by atoms with van der Waals surface area (Å²) in [5.74, 6) is -1.36. The Bertz CT molecular complexity index is 300. The number of nitrogens with two attached hydrogens (primary N) is 1. The Morgan fingerprint density at radius 1 is 1.31 bits per heavy atom. The third kappa shape index (κ3) is 7.36. The van der Waals surface area contributed by atoms with Crippen molar-refractivity contribution in [1.29, 1.82) is 0 Å². The van der Waals surface area contributed by atoms with Gasteiger partial charge < -0.3 is 20.5 Å². The van der Waals surface area contributed by atoms with E-state index in [9.17, 15) is 14.4 Å². The van der Waals surface area contributed by atoms with Crippen LogP contribution in [0.15, 0.2) is 12.2 Å². The highest BCUT2D eigenvalue weighted by molar-refractivity contribution is 5.91. The van der Waals surface area contributed by atoms with E-state index in [0.717, 1.165) is 12.2 Å². The highest BCUT2D eigenvalue weighted by Gasteiger charge is 2.06. The Balaban J connectivity index is 3.85. The number of primary amides is 1. The molecule has 0 fully saturated rings. The van der Waals surface area contributed by atoms with Crippen molar-refractivity contribution in [2.45, 2.75) is 13.0 Å². The van der Waals surface area contributed by atoms with Crippen LogP contribution in [0.1, 0.15) is 6.92 Å². The van der Waals surface area contributed by atoms with Gasteiger partial charge in [-0.25, -0.2) is 14.4 Å². The minimum absolute atomic E-state index is 0.0344. The fourth-order valence-electron chi connectivity index (χ4n) is 0.744. The monoisotopic (exact) mass is 230 g/mol. The van der Waals surface area contributed by atoms with Gasteiger partial charge in [-0.3, -0.25) is 0 Å². The molecular weight excluding hydrogens is 216 g/mol. The fraction of sp³-hybridized carbons (Fsp3) is 0.444. The van der Waals surface area contributed by atoms with E-state index < -0.39 is 24.0 Å². The number of rotatable bonds is 5. The Labute approximate surface area is 92.6 Å². The molecule has 0 aromatic carbocycles. The molecule has 0 heterocycles. The van der Waals surface area contributed by atoms with Crippen molar-refractivity contribution in [3.05, 3.63) is 12.2 Å². The molecule has 0 spiro atoms. The van der Waals surface area contributed by atoms with Crippen molar-refractivity contribution in [2.24, 2.45) is 5.73 Å². The lowest BCUT2D eigenvalue weighted by atomic mass is 10.4. The molecule has 0 aliphatic carbocycles. The van der Waals surface area contributed by atoms with Crippen LogP contribution in [0.5, 0.6) is 0 Å². The number of methoxy groups -OCH3 is 1. The van der Waals surface area contributed by atoms with Crippen LogP contribution in [0.4, 0.5) is 4.79 Å². The van der Waals surface area contributed by atoms with E-state index in [4.69, 9.17) is 10.5 Å². The van der Waals surface area contributed by atoms with Crippen LogP contribution in [0.2, 0.25) is 0 Å². The molecule has 0 aromatic heterocycles. The number of carbonyl (C=O) groups excluding carboxylic acids is 3. The molecule has 0 aliphatic heterocycles. The van der Waals surface area contributed by atoms with Crippen LogP contribution in [-0.2, 0) is 19.1 Å². The van der Waals surface area contributed by atoms with Crippen molar-refractivity contribution in [1.82, 2.24) is 5.32 Å². The quantitative estimate of drug-likeness (QED) is 0.480. The minimum atomic E-state index is -0.705. The molecule has 2 amide bonds. The van der Waals surface area contributed by atoms with Crippen molar-refractivity contribution in [2.75, 3.05) is 13.7 Å². The number of amides is 2. The zero-order valence-electron chi connectivity index (χ0n) is 9.06. The first kappa shape index (κ1) is 13.9. The van der Waals surface area contributed by atoms with Crippen molar-refractivity contribution >= 4 is 18.0 Å². The maximum absolute atomic E-state index is 11.0. The van der Waals surface area contributed by atoms with Gasteiger partial charge in [-0.15, -0.1) is 0 Å². The molecule has 0 rings (SSSR count). The lowest BCUT2D eigenvalue weighted by Crippen LogP contribution is -2.39. The molecule has 0 aliphatic rings. The van der Waals surface area contributed by atoms with E-state index in [-0.39, 0.29) is 6.61 Å². The van der Waals surface area contributed by atoms with Crippen molar-refractivity contribution in [3.63, 3.8) is 0 Å². The average Bonchev–Trinajstić information content (AvgIpc) is 2.22. The SMILES string of the molecule is COC(=O)/C=C/C(=O)OC[C@@H](C)NC(N)=O. The van der Waals surface area contributed by atoms with Gasteiger partial charge in [0.1, 0.15) is 6.61 Å². The number of nitrogens with one attached hydrogen (secondary N) is 1. The molecule has 0 unspecified atom stereocenters. The molecule has 7 nitrogen and oxygen atoms in total. The molecule has 0 bridgehead atoms. The van der Waals surface area contributed by atoms with Gasteiger partial charge in [0, 0.05) is 12.2 Å². The number of urea groups is 1. The van der Waals surface area contributed by atoms with Gasteiger partial charge in [0.2, 0.25) is 0 Å². The Hall–Kier alpha value is -2.05. The summed E-state index contributed by atoms with van der Waals surface area (Å²) in [6.07, 6.45) is 1.87. The Morgan fingerprint density at radius 3 is 2.38 bits per heavy atom. The maximum Gasteiger partial charge on any atom is 0.331 e.